The first-order valence-electron chi connectivity index (χ1n) is 5.58. The van der Waals surface area contributed by atoms with Crippen LogP contribution in [0.4, 0.5) is 0 Å². The summed E-state index contributed by atoms with van der Waals surface area (Å²) in [5.41, 5.74) is 1.04. The second kappa shape index (κ2) is 4.86. The molecular formula is C11H19NO3. The van der Waals surface area contributed by atoms with E-state index in [4.69, 9.17) is 14.2 Å². The first-order chi connectivity index (χ1) is 7.25. The van der Waals surface area contributed by atoms with Crippen molar-refractivity contribution in [2.45, 2.75) is 39.0 Å². The number of hydrogen-bond acceptors (Lipinski definition) is 4. The topological polar surface area (TPSA) is 39.7 Å². The molecule has 2 aliphatic heterocycles. The van der Waals surface area contributed by atoms with Crippen molar-refractivity contribution in [3.63, 3.8) is 0 Å². The molecule has 2 heterocycles. The van der Waals surface area contributed by atoms with Crippen LogP contribution in [0.3, 0.4) is 0 Å². The minimum Gasteiger partial charge on any atom is -0.462 e. The summed E-state index contributed by atoms with van der Waals surface area (Å²) in [5, 5.41) is 3.37. The van der Waals surface area contributed by atoms with Crippen molar-refractivity contribution in [2.75, 3.05) is 19.8 Å². The molecular weight excluding hydrogens is 194 g/mol. The van der Waals surface area contributed by atoms with Gasteiger partial charge in [-0.2, -0.15) is 0 Å². The van der Waals surface area contributed by atoms with Crippen LogP contribution < -0.4 is 5.32 Å². The molecule has 0 aromatic heterocycles. The van der Waals surface area contributed by atoms with Crippen molar-refractivity contribution in [2.24, 2.45) is 0 Å². The SMILES string of the molecule is CC(COC1CC[C@@H](C)N1)=C1OCCO1. The normalized spacial score (nSPS) is 30.1. The summed E-state index contributed by atoms with van der Waals surface area (Å²) in [5.74, 6) is 0.654. The van der Waals surface area contributed by atoms with Crippen LogP contribution in [0.15, 0.2) is 11.5 Å². The van der Waals surface area contributed by atoms with Crippen molar-refractivity contribution in [3.05, 3.63) is 11.5 Å². The van der Waals surface area contributed by atoms with Gasteiger partial charge in [-0.3, -0.25) is 5.32 Å². The second-order valence-electron chi connectivity index (χ2n) is 4.21. The zero-order valence-electron chi connectivity index (χ0n) is 9.41. The maximum Gasteiger partial charge on any atom is 0.280 e. The lowest BCUT2D eigenvalue weighted by Gasteiger charge is -2.13. The molecule has 1 N–H and O–H groups in total. The van der Waals surface area contributed by atoms with Crippen molar-refractivity contribution in [1.82, 2.24) is 5.32 Å². The third-order valence-corrected chi connectivity index (χ3v) is 2.73. The van der Waals surface area contributed by atoms with Crippen LogP contribution in [0.25, 0.3) is 0 Å². The molecule has 2 saturated heterocycles. The zero-order valence-corrected chi connectivity index (χ0v) is 9.41. The minimum absolute atomic E-state index is 0.192. The van der Waals surface area contributed by atoms with Crippen LogP contribution in [0.5, 0.6) is 0 Å². The van der Waals surface area contributed by atoms with Crippen LogP contribution in [0.1, 0.15) is 26.7 Å². The Kier molecular flexibility index (Phi) is 3.49. The Balaban J connectivity index is 1.75. The Morgan fingerprint density at radius 2 is 2.13 bits per heavy atom. The average Bonchev–Trinajstić information content (AvgIpc) is 2.84. The van der Waals surface area contributed by atoms with E-state index in [1.807, 2.05) is 6.92 Å². The number of ether oxygens (including phenoxy) is 3. The van der Waals surface area contributed by atoms with E-state index in [1.165, 1.54) is 6.42 Å². The zero-order chi connectivity index (χ0) is 10.7. The molecule has 2 aliphatic rings. The van der Waals surface area contributed by atoms with E-state index in [0.717, 1.165) is 12.0 Å². The fourth-order valence-corrected chi connectivity index (χ4v) is 1.86. The van der Waals surface area contributed by atoms with Gasteiger partial charge in [0.25, 0.3) is 5.95 Å². The van der Waals surface area contributed by atoms with Gasteiger partial charge >= 0.3 is 0 Å². The van der Waals surface area contributed by atoms with Crippen LogP contribution in [-0.4, -0.2) is 32.1 Å². The summed E-state index contributed by atoms with van der Waals surface area (Å²) in [4.78, 5) is 0. The van der Waals surface area contributed by atoms with Gasteiger partial charge in [0.05, 0.1) is 6.61 Å². The molecule has 0 bridgehead atoms. The first kappa shape index (κ1) is 10.8. The van der Waals surface area contributed by atoms with Crippen LogP contribution in [0, 0.1) is 0 Å². The Labute approximate surface area is 90.6 Å². The Bertz CT molecular complexity index is 244. The Hall–Kier alpha value is -0.740. The molecule has 0 aliphatic carbocycles. The van der Waals surface area contributed by atoms with E-state index >= 15 is 0 Å². The van der Waals surface area contributed by atoms with E-state index in [1.54, 1.807) is 0 Å². The molecule has 0 saturated carbocycles. The summed E-state index contributed by atoms with van der Waals surface area (Å²) in [6.07, 6.45) is 2.47. The van der Waals surface area contributed by atoms with Gasteiger partial charge in [-0.05, 0) is 26.7 Å². The van der Waals surface area contributed by atoms with E-state index < -0.39 is 0 Å². The molecule has 4 nitrogen and oxygen atoms in total. The molecule has 1 unspecified atom stereocenters. The monoisotopic (exact) mass is 213 g/mol. The first-order valence-corrected chi connectivity index (χ1v) is 5.58. The molecule has 2 atom stereocenters. The van der Waals surface area contributed by atoms with Gasteiger partial charge in [0.1, 0.15) is 19.4 Å². The Morgan fingerprint density at radius 1 is 1.40 bits per heavy atom. The fraction of sp³-hybridized carbons (Fsp3) is 0.818. The molecule has 15 heavy (non-hydrogen) atoms. The lowest BCUT2D eigenvalue weighted by molar-refractivity contribution is 0.0505. The molecule has 2 rings (SSSR count). The van der Waals surface area contributed by atoms with E-state index in [2.05, 4.69) is 12.2 Å². The van der Waals surface area contributed by atoms with Crippen molar-refractivity contribution in [1.29, 1.82) is 0 Å². The number of rotatable bonds is 3. The lowest BCUT2D eigenvalue weighted by Crippen LogP contribution is -2.30. The summed E-state index contributed by atoms with van der Waals surface area (Å²) in [6.45, 7) is 6.06. The molecule has 0 amide bonds. The smallest absolute Gasteiger partial charge is 0.280 e. The Morgan fingerprint density at radius 3 is 2.73 bits per heavy atom. The van der Waals surface area contributed by atoms with Gasteiger partial charge in [-0.15, -0.1) is 0 Å². The van der Waals surface area contributed by atoms with Crippen LogP contribution >= 0.6 is 0 Å². The predicted octanol–water partition coefficient (Wildman–Crippen LogP) is 1.38. The maximum atomic E-state index is 5.72. The van der Waals surface area contributed by atoms with Gasteiger partial charge in [0.2, 0.25) is 0 Å². The van der Waals surface area contributed by atoms with Gasteiger partial charge in [-0.1, -0.05) is 0 Å². The quantitative estimate of drug-likeness (QED) is 0.769. The summed E-state index contributed by atoms with van der Waals surface area (Å²) in [6, 6.07) is 0.571. The highest BCUT2D eigenvalue weighted by molar-refractivity contribution is 5.02. The van der Waals surface area contributed by atoms with Gasteiger partial charge in [0.15, 0.2) is 0 Å². The number of nitrogens with one attached hydrogen (secondary N) is 1. The van der Waals surface area contributed by atoms with Crippen molar-refractivity contribution < 1.29 is 14.2 Å². The van der Waals surface area contributed by atoms with Crippen molar-refractivity contribution >= 4 is 0 Å². The fourth-order valence-electron chi connectivity index (χ4n) is 1.86. The van der Waals surface area contributed by atoms with Crippen LogP contribution in [0.2, 0.25) is 0 Å². The largest absolute Gasteiger partial charge is 0.462 e. The van der Waals surface area contributed by atoms with Gasteiger partial charge in [-0.25, -0.2) is 0 Å². The van der Waals surface area contributed by atoms with Crippen molar-refractivity contribution in [3.8, 4) is 0 Å². The minimum atomic E-state index is 0.192. The molecule has 0 aromatic rings. The van der Waals surface area contributed by atoms with Crippen LogP contribution in [-0.2, 0) is 14.2 Å². The highest BCUT2D eigenvalue weighted by Gasteiger charge is 2.21. The summed E-state index contributed by atoms with van der Waals surface area (Å²) >= 11 is 0. The average molecular weight is 213 g/mol. The predicted molar refractivity (Wildman–Crippen MR) is 56.2 cm³/mol. The lowest BCUT2D eigenvalue weighted by atomic mass is 10.2. The highest BCUT2D eigenvalue weighted by Crippen LogP contribution is 2.17. The van der Waals surface area contributed by atoms with E-state index in [0.29, 0.717) is 31.8 Å². The third-order valence-electron chi connectivity index (χ3n) is 2.73. The maximum absolute atomic E-state index is 5.72. The molecule has 0 spiro atoms. The van der Waals surface area contributed by atoms with Gasteiger partial charge < -0.3 is 14.2 Å². The highest BCUT2D eigenvalue weighted by atomic mass is 16.7. The summed E-state index contributed by atoms with van der Waals surface area (Å²) < 4.78 is 16.3. The molecule has 2 fully saturated rings. The van der Waals surface area contributed by atoms with E-state index in [9.17, 15) is 0 Å². The second-order valence-corrected chi connectivity index (χ2v) is 4.21. The van der Waals surface area contributed by atoms with E-state index in [-0.39, 0.29) is 6.23 Å². The molecule has 0 aromatic carbocycles. The molecule has 4 heteroatoms. The molecule has 0 radical (unpaired) electrons. The standard InChI is InChI=1S/C11H19NO3/c1-8(11-13-5-6-14-11)7-15-10-4-3-9(2)12-10/h9-10,12H,3-7H2,1-2H3/t9-,10?/m1/s1. The molecule has 86 valence electrons. The van der Waals surface area contributed by atoms with Gasteiger partial charge in [0, 0.05) is 11.6 Å². The third kappa shape index (κ3) is 2.86. The number of hydrogen-bond donors (Lipinski definition) is 1. The summed E-state index contributed by atoms with van der Waals surface area (Å²) in [7, 11) is 0.